The molecule has 26 heavy (non-hydrogen) atoms. The molecule has 4 rings (SSSR count). The molecule has 6 nitrogen and oxygen atoms in total. The lowest BCUT2D eigenvalue weighted by molar-refractivity contribution is 0.240. The number of rotatable bonds is 5. The summed E-state index contributed by atoms with van der Waals surface area (Å²) in [6.07, 6.45) is 6.41. The standard InChI is InChI=1S/C20H23N5O/c26-20(22-14-17-15-25-12-2-1-5-19(25)23-17)21-13-16-6-8-18(9-7-16)24-10-3-4-11-24/h1-2,5-9,12,15H,3-4,10-11,13-14H2,(H2,21,22,26). The first kappa shape index (κ1) is 16.4. The number of nitrogens with zero attached hydrogens (tertiary/aromatic N) is 3. The van der Waals surface area contributed by atoms with Crippen LogP contribution in [0.3, 0.4) is 0 Å². The molecule has 1 saturated heterocycles. The SMILES string of the molecule is O=C(NCc1ccc(N2CCCC2)cc1)NCc1cn2ccccc2n1. The summed E-state index contributed by atoms with van der Waals surface area (Å²) < 4.78 is 1.94. The normalized spacial score (nSPS) is 13.9. The Morgan fingerprint density at radius 2 is 1.77 bits per heavy atom. The number of aromatic nitrogens is 2. The lowest BCUT2D eigenvalue weighted by Gasteiger charge is -2.17. The van der Waals surface area contributed by atoms with Crippen molar-refractivity contribution >= 4 is 17.4 Å². The molecule has 0 saturated carbocycles. The molecule has 2 N–H and O–H groups in total. The van der Waals surface area contributed by atoms with Crippen molar-refractivity contribution in [3.8, 4) is 0 Å². The Labute approximate surface area is 152 Å². The van der Waals surface area contributed by atoms with E-state index in [1.165, 1.54) is 18.5 Å². The zero-order valence-corrected chi connectivity index (χ0v) is 14.7. The average molecular weight is 349 g/mol. The van der Waals surface area contributed by atoms with E-state index in [1.807, 2.05) is 35.0 Å². The number of pyridine rings is 1. The largest absolute Gasteiger partial charge is 0.372 e. The average Bonchev–Trinajstić information content (AvgIpc) is 3.34. The van der Waals surface area contributed by atoms with E-state index in [0.717, 1.165) is 30.0 Å². The molecule has 0 atom stereocenters. The van der Waals surface area contributed by atoms with Gasteiger partial charge in [-0.1, -0.05) is 18.2 Å². The Hall–Kier alpha value is -3.02. The van der Waals surface area contributed by atoms with Crippen molar-refractivity contribution in [2.24, 2.45) is 0 Å². The fraction of sp³-hybridized carbons (Fsp3) is 0.300. The van der Waals surface area contributed by atoms with Crippen molar-refractivity contribution in [1.82, 2.24) is 20.0 Å². The van der Waals surface area contributed by atoms with Gasteiger partial charge in [-0.3, -0.25) is 0 Å². The van der Waals surface area contributed by atoms with Crippen molar-refractivity contribution < 1.29 is 4.79 Å². The van der Waals surface area contributed by atoms with Gasteiger partial charge in [0.2, 0.25) is 0 Å². The number of hydrogen-bond donors (Lipinski definition) is 2. The van der Waals surface area contributed by atoms with Crippen LogP contribution >= 0.6 is 0 Å². The van der Waals surface area contributed by atoms with Crippen LogP contribution < -0.4 is 15.5 Å². The molecule has 6 heteroatoms. The maximum Gasteiger partial charge on any atom is 0.315 e. The number of fused-ring (bicyclic) bond motifs is 1. The van der Waals surface area contributed by atoms with Gasteiger partial charge >= 0.3 is 6.03 Å². The fourth-order valence-corrected chi connectivity index (χ4v) is 3.29. The third kappa shape index (κ3) is 3.79. The maximum absolute atomic E-state index is 12.0. The van der Waals surface area contributed by atoms with E-state index in [0.29, 0.717) is 13.1 Å². The highest BCUT2D eigenvalue weighted by atomic mass is 16.2. The maximum atomic E-state index is 12.0. The van der Waals surface area contributed by atoms with Crippen LogP contribution in [0.5, 0.6) is 0 Å². The summed E-state index contributed by atoms with van der Waals surface area (Å²) in [5.74, 6) is 0. The van der Waals surface area contributed by atoms with Gasteiger partial charge in [0.05, 0.1) is 12.2 Å². The molecule has 134 valence electrons. The van der Waals surface area contributed by atoms with Crippen molar-refractivity contribution in [3.05, 3.63) is 66.1 Å². The summed E-state index contributed by atoms with van der Waals surface area (Å²) in [6.45, 7) is 3.20. The summed E-state index contributed by atoms with van der Waals surface area (Å²) in [5, 5.41) is 5.75. The number of carbonyl (C=O) groups excluding carboxylic acids is 1. The van der Waals surface area contributed by atoms with E-state index in [-0.39, 0.29) is 6.03 Å². The third-order valence-corrected chi connectivity index (χ3v) is 4.70. The van der Waals surface area contributed by atoms with E-state index >= 15 is 0 Å². The molecule has 0 unspecified atom stereocenters. The highest BCUT2D eigenvalue weighted by molar-refractivity contribution is 5.73. The van der Waals surface area contributed by atoms with E-state index < -0.39 is 0 Å². The smallest absolute Gasteiger partial charge is 0.315 e. The molecule has 0 aliphatic carbocycles. The van der Waals surface area contributed by atoms with E-state index in [2.05, 4.69) is 44.8 Å². The Kier molecular flexibility index (Phi) is 4.73. The first-order chi connectivity index (χ1) is 12.8. The molecular formula is C20H23N5O. The lowest BCUT2D eigenvalue weighted by atomic mass is 10.2. The number of imidazole rings is 1. The first-order valence-electron chi connectivity index (χ1n) is 9.06. The summed E-state index contributed by atoms with van der Waals surface area (Å²) in [5.41, 5.74) is 4.07. The molecule has 2 amide bonds. The van der Waals surface area contributed by atoms with E-state index in [4.69, 9.17) is 0 Å². The van der Waals surface area contributed by atoms with Gasteiger partial charge in [0, 0.05) is 37.7 Å². The van der Waals surface area contributed by atoms with Crippen LogP contribution in [0.2, 0.25) is 0 Å². The van der Waals surface area contributed by atoms with Gasteiger partial charge in [0.25, 0.3) is 0 Å². The summed E-state index contributed by atoms with van der Waals surface area (Å²) in [4.78, 5) is 18.9. The molecule has 2 aromatic heterocycles. The van der Waals surface area contributed by atoms with Gasteiger partial charge in [0.1, 0.15) is 5.65 Å². The van der Waals surface area contributed by atoms with Crippen LogP contribution in [0.1, 0.15) is 24.1 Å². The molecule has 1 aliphatic heterocycles. The monoisotopic (exact) mass is 349 g/mol. The van der Waals surface area contributed by atoms with Gasteiger partial charge < -0.3 is 19.9 Å². The van der Waals surface area contributed by atoms with E-state index in [9.17, 15) is 4.79 Å². The van der Waals surface area contributed by atoms with Crippen LogP contribution in [-0.4, -0.2) is 28.5 Å². The van der Waals surface area contributed by atoms with Crippen molar-refractivity contribution in [3.63, 3.8) is 0 Å². The number of anilines is 1. The van der Waals surface area contributed by atoms with Crippen LogP contribution in [0, 0.1) is 0 Å². The second-order valence-electron chi connectivity index (χ2n) is 6.60. The highest BCUT2D eigenvalue weighted by Gasteiger charge is 2.11. The molecule has 1 aromatic carbocycles. The minimum absolute atomic E-state index is 0.189. The van der Waals surface area contributed by atoms with Gasteiger partial charge in [-0.2, -0.15) is 0 Å². The first-order valence-corrected chi connectivity index (χ1v) is 9.06. The Morgan fingerprint density at radius 3 is 2.54 bits per heavy atom. The predicted molar refractivity (Wildman–Crippen MR) is 102 cm³/mol. The zero-order valence-electron chi connectivity index (χ0n) is 14.7. The number of hydrogen-bond acceptors (Lipinski definition) is 3. The van der Waals surface area contributed by atoms with Crippen molar-refractivity contribution in [1.29, 1.82) is 0 Å². The van der Waals surface area contributed by atoms with Gasteiger partial charge in [0.15, 0.2) is 0 Å². The van der Waals surface area contributed by atoms with Gasteiger partial charge in [-0.05, 0) is 42.7 Å². The van der Waals surface area contributed by atoms with Crippen LogP contribution in [-0.2, 0) is 13.1 Å². The van der Waals surface area contributed by atoms with Crippen molar-refractivity contribution in [2.45, 2.75) is 25.9 Å². The number of benzene rings is 1. The van der Waals surface area contributed by atoms with Gasteiger partial charge in [-0.25, -0.2) is 9.78 Å². The second kappa shape index (κ2) is 7.47. The molecule has 3 aromatic rings. The number of nitrogens with one attached hydrogen (secondary N) is 2. The predicted octanol–water partition coefficient (Wildman–Crippen LogP) is 2.93. The molecule has 0 bridgehead atoms. The third-order valence-electron chi connectivity index (χ3n) is 4.70. The topological polar surface area (TPSA) is 61.7 Å². The van der Waals surface area contributed by atoms with Crippen LogP contribution in [0.15, 0.2) is 54.9 Å². The Morgan fingerprint density at radius 1 is 1.00 bits per heavy atom. The Balaban J connectivity index is 1.25. The molecule has 1 aliphatic rings. The highest BCUT2D eigenvalue weighted by Crippen LogP contribution is 2.20. The van der Waals surface area contributed by atoms with Crippen LogP contribution in [0.25, 0.3) is 5.65 Å². The summed E-state index contributed by atoms with van der Waals surface area (Å²) in [7, 11) is 0. The zero-order chi connectivity index (χ0) is 17.8. The van der Waals surface area contributed by atoms with Gasteiger partial charge in [-0.15, -0.1) is 0 Å². The minimum atomic E-state index is -0.189. The second-order valence-corrected chi connectivity index (χ2v) is 6.60. The summed E-state index contributed by atoms with van der Waals surface area (Å²) >= 11 is 0. The number of amides is 2. The minimum Gasteiger partial charge on any atom is -0.372 e. The number of carbonyl (C=O) groups is 1. The number of urea groups is 1. The lowest BCUT2D eigenvalue weighted by Crippen LogP contribution is -2.34. The Bertz CT molecular complexity index is 848. The summed E-state index contributed by atoms with van der Waals surface area (Å²) in [6, 6.07) is 14.1. The van der Waals surface area contributed by atoms with E-state index in [1.54, 1.807) is 0 Å². The fourth-order valence-electron chi connectivity index (χ4n) is 3.29. The molecule has 1 fully saturated rings. The molecule has 0 radical (unpaired) electrons. The molecular weight excluding hydrogens is 326 g/mol. The van der Waals surface area contributed by atoms with Crippen molar-refractivity contribution in [2.75, 3.05) is 18.0 Å². The van der Waals surface area contributed by atoms with Crippen LogP contribution in [0.4, 0.5) is 10.5 Å². The molecule has 3 heterocycles. The molecule has 0 spiro atoms. The quantitative estimate of drug-likeness (QED) is 0.744.